The molecule has 0 saturated carbocycles. The highest BCUT2D eigenvalue weighted by molar-refractivity contribution is 5.98. The summed E-state index contributed by atoms with van der Waals surface area (Å²) in [5.41, 5.74) is 13.9. The first-order chi connectivity index (χ1) is 16.1. The van der Waals surface area contributed by atoms with Crippen molar-refractivity contribution in [2.75, 3.05) is 13.2 Å². The zero-order valence-corrected chi connectivity index (χ0v) is 17.4. The highest BCUT2D eigenvalue weighted by Crippen LogP contribution is 2.26. The number of ether oxygens (including phenoxy) is 1. The van der Waals surface area contributed by atoms with Crippen LogP contribution in [0.5, 0.6) is 5.75 Å². The number of nitrogens with one attached hydrogen (secondary N) is 3. The van der Waals surface area contributed by atoms with Crippen molar-refractivity contribution in [1.82, 2.24) is 10.6 Å². The number of nitrogens with zero attached hydrogens (tertiary/aromatic N) is 3. The van der Waals surface area contributed by atoms with Crippen molar-refractivity contribution in [3.05, 3.63) is 69.6 Å². The van der Waals surface area contributed by atoms with E-state index in [9.17, 15) is 27.2 Å². The number of hydrogen-bond acceptors (Lipinski definition) is 5. The number of carbonyl (C=O) groups is 2. The maximum absolute atomic E-state index is 13.8. The van der Waals surface area contributed by atoms with Crippen LogP contribution in [0.1, 0.15) is 23.2 Å². The number of hydrogen-bond donors (Lipinski definition) is 4. The van der Waals surface area contributed by atoms with Gasteiger partial charge < -0.3 is 21.1 Å². The molecule has 10 nitrogen and oxygen atoms in total. The SMILES string of the molecule is [N-]=[N+]=Nc1cccc(C(=O)NC(CCCNC(=N)N)C(=O)COc2c(F)c(F)cc(F)c2F)c1. The van der Waals surface area contributed by atoms with E-state index >= 15 is 0 Å². The van der Waals surface area contributed by atoms with Crippen LogP contribution in [0.15, 0.2) is 35.4 Å². The maximum atomic E-state index is 13.8. The molecule has 1 unspecified atom stereocenters. The lowest BCUT2D eigenvalue weighted by atomic mass is 10.1. The number of azide groups is 1. The van der Waals surface area contributed by atoms with Crippen molar-refractivity contribution in [2.45, 2.75) is 18.9 Å². The van der Waals surface area contributed by atoms with Crippen molar-refractivity contribution in [3.8, 4) is 5.75 Å². The summed E-state index contributed by atoms with van der Waals surface area (Å²) in [5.74, 6) is -10.4. The van der Waals surface area contributed by atoms with E-state index in [-0.39, 0.29) is 42.7 Å². The van der Waals surface area contributed by atoms with E-state index in [0.29, 0.717) is 0 Å². The highest BCUT2D eigenvalue weighted by atomic mass is 19.2. The third kappa shape index (κ3) is 7.10. The summed E-state index contributed by atoms with van der Waals surface area (Å²) < 4.78 is 59.0. The van der Waals surface area contributed by atoms with Crippen LogP contribution in [-0.2, 0) is 4.79 Å². The van der Waals surface area contributed by atoms with Crippen LogP contribution >= 0.6 is 0 Å². The molecule has 0 fully saturated rings. The molecule has 5 N–H and O–H groups in total. The van der Waals surface area contributed by atoms with Gasteiger partial charge in [0, 0.05) is 28.8 Å². The number of amides is 1. The average molecular weight is 481 g/mol. The zero-order chi connectivity index (χ0) is 25.3. The second kappa shape index (κ2) is 12.1. The molecule has 180 valence electrons. The predicted octanol–water partition coefficient (Wildman–Crippen LogP) is 3.19. The minimum atomic E-state index is -1.81. The van der Waals surface area contributed by atoms with Gasteiger partial charge in [-0.15, -0.1) is 0 Å². The second-order valence-electron chi connectivity index (χ2n) is 6.80. The topological polar surface area (TPSA) is 166 Å². The quantitative estimate of drug-likeness (QED) is 0.0564. The van der Waals surface area contributed by atoms with Crippen LogP contribution in [0.2, 0.25) is 0 Å². The Morgan fingerprint density at radius 2 is 1.85 bits per heavy atom. The molecular formula is C20H19F4N7O3. The summed E-state index contributed by atoms with van der Waals surface area (Å²) in [5, 5.41) is 15.4. The smallest absolute Gasteiger partial charge is 0.251 e. The molecule has 0 spiro atoms. The molecule has 0 aliphatic carbocycles. The highest BCUT2D eigenvalue weighted by Gasteiger charge is 2.25. The number of halogens is 4. The van der Waals surface area contributed by atoms with E-state index in [1.54, 1.807) is 0 Å². The van der Waals surface area contributed by atoms with Gasteiger partial charge in [0.25, 0.3) is 5.91 Å². The molecule has 0 bridgehead atoms. The lowest BCUT2D eigenvalue weighted by Crippen LogP contribution is -2.43. The minimum absolute atomic E-state index is 0.00509. The third-order valence-corrected chi connectivity index (χ3v) is 4.38. The summed E-state index contributed by atoms with van der Waals surface area (Å²) in [6.07, 6.45) is 0.221. The molecular weight excluding hydrogens is 462 g/mol. The van der Waals surface area contributed by atoms with Crippen LogP contribution in [0, 0.1) is 28.7 Å². The van der Waals surface area contributed by atoms with Crippen molar-refractivity contribution < 1.29 is 31.9 Å². The Labute approximate surface area is 190 Å². The van der Waals surface area contributed by atoms with Gasteiger partial charge in [-0.1, -0.05) is 17.2 Å². The average Bonchev–Trinajstić information content (AvgIpc) is 2.79. The van der Waals surface area contributed by atoms with Gasteiger partial charge in [0.15, 0.2) is 29.1 Å². The number of ketones is 1. The molecule has 2 rings (SSSR count). The summed E-state index contributed by atoms with van der Waals surface area (Å²) in [7, 11) is 0. The van der Waals surface area contributed by atoms with E-state index in [1.807, 2.05) is 0 Å². The molecule has 1 atom stereocenters. The van der Waals surface area contributed by atoms with Gasteiger partial charge in [0.1, 0.15) is 6.61 Å². The third-order valence-electron chi connectivity index (χ3n) is 4.38. The molecule has 0 aromatic heterocycles. The van der Waals surface area contributed by atoms with Crippen LogP contribution in [0.4, 0.5) is 23.2 Å². The molecule has 34 heavy (non-hydrogen) atoms. The Morgan fingerprint density at radius 1 is 1.18 bits per heavy atom. The molecule has 0 saturated heterocycles. The molecule has 14 heteroatoms. The first-order valence-electron chi connectivity index (χ1n) is 9.66. The summed E-state index contributed by atoms with van der Waals surface area (Å²) in [4.78, 5) is 27.9. The van der Waals surface area contributed by atoms with Crippen molar-refractivity contribution in [1.29, 1.82) is 5.41 Å². The molecule has 2 aromatic carbocycles. The Kier molecular flexibility index (Phi) is 9.20. The number of rotatable bonds is 11. The maximum Gasteiger partial charge on any atom is 0.251 e. The van der Waals surface area contributed by atoms with Crippen LogP contribution < -0.4 is 21.1 Å². The number of guanidine groups is 1. The summed E-state index contributed by atoms with van der Waals surface area (Å²) >= 11 is 0. The van der Waals surface area contributed by atoms with E-state index in [4.69, 9.17) is 21.4 Å². The fourth-order valence-corrected chi connectivity index (χ4v) is 2.77. The van der Waals surface area contributed by atoms with Crippen molar-refractivity contribution >= 4 is 23.3 Å². The van der Waals surface area contributed by atoms with Crippen LogP contribution in [-0.4, -0.2) is 36.8 Å². The predicted molar refractivity (Wildman–Crippen MR) is 112 cm³/mol. The molecule has 0 aliphatic rings. The van der Waals surface area contributed by atoms with Gasteiger partial charge in [-0.2, -0.15) is 8.78 Å². The van der Waals surface area contributed by atoms with E-state index < -0.39 is 53.4 Å². The first-order valence-corrected chi connectivity index (χ1v) is 9.66. The molecule has 0 heterocycles. The Hall–Kier alpha value is -4.32. The van der Waals surface area contributed by atoms with Gasteiger partial charge in [-0.3, -0.25) is 15.0 Å². The normalized spacial score (nSPS) is 11.2. The zero-order valence-electron chi connectivity index (χ0n) is 17.4. The van der Waals surface area contributed by atoms with E-state index in [0.717, 1.165) is 0 Å². The standard InChI is InChI=1S/C20H19F4N7O3/c21-12-8-13(22)17(24)18(16(12)23)34-9-15(32)14(5-2-6-28-20(25)26)29-19(33)10-3-1-4-11(7-10)30-31-27/h1,3-4,7-8,14H,2,5-6,9H2,(H,29,33)(H4,25,26,28). The van der Waals surface area contributed by atoms with Crippen LogP contribution in [0.3, 0.4) is 0 Å². The lowest BCUT2D eigenvalue weighted by Gasteiger charge is -2.19. The summed E-state index contributed by atoms with van der Waals surface area (Å²) in [6, 6.07) is 4.30. The largest absolute Gasteiger partial charge is 0.479 e. The summed E-state index contributed by atoms with van der Waals surface area (Å²) in [6.45, 7) is -0.846. The van der Waals surface area contributed by atoms with Gasteiger partial charge in [-0.05, 0) is 30.5 Å². The number of nitrogens with two attached hydrogens (primary N) is 1. The lowest BCUT2D eigenvalue weighted by molar-refractivity contribution is -0.123. The van der Waals surface area contributed by atoms with Gasteiger partial charge in [0.05, 0.1) is 6.04 Å². The van der Waals surface area contributed by atoms with E-state index in [1.165, 1.54) is 24.3 Å². The number of Topliss-reactive ketones (excluding diaryl/α,β-unsaturated/α-hetero) is 1. The van der Waals surface area contributed by atoms with E-state index in [2.05, 4.69) is 20.7 Å². The first kappa shape index (κ1) is 25.9. The Morgan fingerprint density at radius 3 is 2.47 bits per heavy atom. The fourth-order valence-electron chi connectivity index (χ4n) is 2.77. The fraction of sp³-hybridized carbons (Fsp3) is 0.250. The van der Waals surface area contributed by atoms with Gasteiger partial charge in [0.2, 0.25) is 11.6 Å². The van der Waals surface area contributed by atoms with Crippen LogP contribution in [0.25, 0.3) is 10.4 Å². The van der Waals surface area contributed by atoms with Gasteiger partial charge >= 0.3 is 0 Å². The number of benzene rings is 2. The Bertz CT molecular complexity index is 1110. The Balaban J connectivity index is 2.16. The molecule has 0 aliphatic heterocycles. The van der Waals surface area contributed by atoms with Gasteiger partial charge in [-0.25, -0.2) is 8.78 Å². The molecule has 1 amide bonds. The molecule has 2 aromatic rings. The monoisotopic (exact) mass is 481 g/mol. The number of carbonyl (C=O) groups excluding carboxylic acids is 2. The molecule has 0 radical (unpaired) electrons. The second-order valence-corrected chi connectivity index (χ2v) is 6.80. The van der Waals surface area contributed by atoms with Crippen molar-refractivity contribution in [2.24, 2.45) is 10.8 Å². The minimum Gasteiger partial charge on any atom is -0.479 e. The van der Waals surface area contributed by atoms with Crippen molar-refractivity contribution in [3.63, 3.8) is 0 Å².